The van der Waals surface area contributed by atoms with Gasteiger partial charge in [-0.05, 0) is 6.07 Å². The van der Waals surface area contributed by atoms with Crippen molar-refractivity contribution >= 4 is 5.69 Å². The molecular weight excluding hydrogens is 166 g/mol. The highest BCUT2D eigenvalue weighted by Crippen LogP contribution is 2.17. The zero-order valence-electron chi connectivity index (χ0n) is 7.36. The summed E-state index contributed by atoms with van der Waals surface area (Å²) in [5, 5.41) is 12.4. The van der Waals surface area contributed by atoms with E-state index in [0.29, 0.717) is 6.04 Å². The van der Waals surface area contributed by atoms with Crippen LogP contribution >= 0.6 is 0 Å². The quantitative estimate of drug-likeness (QED) is 0.727. The van der Waals surface area contributed by atoms with Crippen LogP contribution in [0.5, 0.6) is 0 Å². The molecule has 0 aromatic heterocycles. The van der Waals surface area contributed by atoms with E-state index >= 15 is 0 Å². The lowest BCUT2D eigenvalue weighted by Gasteiger charge is -2.28. The van der Waals surface area contributed by atoms with Crippen LogP contribution in [0.4, 0.5) is 5.69 Å². The number of para-hydroxylation sites is 1. The molecular formula is C10H13NO2. The molecule has 2 N–H and O–H groups in total. The van der Waals surface area contributed by atoms with Crippen molar-refractivity contribution in [2.24, 2.45) is 0 Å². The van der Waals surface area contributed by atoms with Crippen LogP contribution in [0.1, 0.15) is 5.56 Å². The number of nitrogens with one attached hydrogen (secondary N) is 1. The molecule has 70 valence electrons. The summed E-state index contributed by atoms with van der Waals surface area (Å²) in [6, 6.07) is 8.19. The van der Waals surface area contributed by atoms with Gasteiger partial charge in [-0.2, -0.15) is 0 Å². The molecule has 0 amide bonds. The van der Waals surface area contributed by atoms with Crippen molar-refractivity contribution in [1.29, 1.82) is 0 Å². The van der Waals surface area contributed by atoms with Crippen molar-refractivity contribution in [3.63, 3.8) is 0 Å². The van der Waals surface area contributed by atoms with Gasteiger partial charge in [0.25, 0.3) is 0 Å². The summed E-state index contributed by atoms with van der Waals surface area (Å²) in [7, 11) is 0. The highest BCUT2D eigenvalue weighted by atomic mass is 16.5. The van der Waals surface area contributed by atoms with Crippen LogP contribution in [0, 0.1) is 0 Å². The van der Waals surface area contributed by atoms with E-state index in [1.54, 1.807) is 0 Å². The monoisotopic (exact) mass is 179 g/mol. The summed E-state index contributed by atoms with van der Waals surface area (Å²) in [6.45, 7) is 1.61. The number of aliphatic hydroxyl groups excluding tert-OH is 1. The van der Waals surface area contributed by atoms with Crippen LogP contribution < -0.4 is 5.32 Å². The first-order valence-corrected chi connectivity index (χ1v) is 4.43. The normalized spacial score (nSPS) is 16.7. The van der Waals surface area contributed by atoms with E-state index in [2.05, 4.69) is 5.32 Å². The molecule has 1 aliphatic rings. The molecule has 1 heterocycles. The van der Waals surface area contributed by atoms with Crippen LogP contribution in [-0.2, 0) is 11.3 Å². The Balaban J connectivity index is 2.08. The van der Waals surface area contributed by atoms with Gasteiger partial charge in [0.2, 0.25) is 0 Å². The van der Waals surface area contributed by atoms with Gasteiger partial charge in [0.15, 0.2) is 0 Å². The van der Waals surface area contributed by atoms with Crippen LogP contribution in [0.25, 0.3) is 0 Å². The Bertz CT molecular complexity index is 284. The SMILES string of the molecule is OCc1ccccc1NC1COC1. The summed E-state index contributed by atoms with van der Waals surface area (Å²) in [6.07, 6.45) is 0. The number of hydrogen-bond acceptors (Lipinski definition) is 3. The lowest BCUT2D eigenvalue weighted by atomic mass is 10.1. The number of hydrogen-bond donors (Lipinski definition) is 2. The van der Waals surface area contributed by atoms with E-state index in [0.717, 1.165) is 24.5 Å². The van der Waals surface area contributed by atoms with E-state index in [4.69, 9.17) is 9.84 Å². The van der Waals surface area contributed by atoms with Gasteiger partial charge in [-0.25, -0.2) is 0 Å². The second kappa shape index (κ2) is 3.77. The predicted octanol–water partition coefficient (Wildman–Crippen LogP) is 0.990. The summed E-state index contributed by atoms with van der Waals surface area (Å²) >= 11 is 0. The number of ether oxygens (including phenoxy) is 1. The minimum absolute atomic E-state index is 0.0801. The number of anilines is 1. The number of rotatable bonds is 3. The third kappa shape index (κ3) is 1.82. The fraction of sp³-hybridized carbons (Fsp3) is 0.400. The Morgan fingerprint density at radius 2 is 2.15 bits per heavy atom. The van der Waals surface area contributed by atoms with Crippen molar-refractivity contribution in [3.8, 4) is 0 Å². The highest BCUT2D eigenvalue weighted by Gasteiger charge is 2.18. The first-order chi connectivity index (χ1) is 6.40. The molecule has 0 atom stereocenters. The second-order valence-electron chi connectivity index (χ2n) is 3.19. The minimum Gasteiger partial charge on any atom is -0.392 e. The molecule has 2 rings (SSSR count). The van der Waals surface area contributed by atoms with Crippen molar-refractivity contribution < 1.29 is 9.84 Å². The van der Waals surface area contributed by atoms with Crippen molar-refractivity contribution in [2.45, 2.75) is 12.6 Å². The van der Waals surface area contributed by atoms with Gasteiger partial charge < -0.3 is 15.2 Å². The van der Waals surface area contributed by atoms with Gasteiger partial charge in [-0.15, -0.1) is 0 Å². The average Bonchev–Trinajstić information content (AvgIpc) is 2.12. The van der Waals surface area contributed by atoms with Gasteiger partial charge >= 0.3 is 0 Å². The largest absolute Gasteiger partial charge is 0.392 e. The molecule has 13 heavy (non-hydrogen) atoms. The molecule has 1 aromatic rings. The Kier molecular flexibility index (Phi) is 2.47. The lowest BCUT2D eigenvalue weighted by Crippen LogP contribution is -2.40. The Morgan fingerprint density at radius 3 is 2.77 bits per heavy atom. The smallest absolute Gasteiger partial charge is 0.0728 e. The zero-order chi connectivity index (χ0) is 9.10. The third-order valence-electron chi connectivity index (χ3n) is 2.19. The van der Waals surface area contributed by atoms with E-state index < -0.39 is 0 Å². The lowest BCUT2D eigenvalue weighted by molar-refractivity contribution is 0.0210. The van der Waals surface area contributed by atoms with Crippen molar-refractivity contribution in [1.82, 2.24) is 0 Å². The molecule has 0 saturated carbocycles. The molecule has 3 heteroatoms. The first-order valence-electron chi connectivity index (χ1n) is 4.43. The minimum atomic E-state index is 0.0801. The molecule has 0 aliphatic carbocycles. The van der Waals surface area contributed by atoms with Gasteiger partial charge in [0.05, 0.1) is 25.9 Å². The molecule has 0 unspecified atom stereocenters. The van der Waals surface area contributed by atoms with E-state index in [1.807, 2.05) is 24.3 Å². The second-order valence-corrected chi connectivity index (χ2v) is 3.19. The molecule has 0 spiro atoms. The van der Waals surface area contributed by atoms with Gasteiger partial charge in [-0.1, -0.05) is 18.2 Å². The maximum absolute atomic E-state index is 9.05. The maximum atomic E-state index is 9.05. The number of benzene rings is 1. The standard InChI is InChI=1S/C10H13NO2/c12-5-8-3-1-2-4-10(8)11-9-6-13-7-9/h1-4,9,11-12H,5-7H2. The van der Waals surface area contributed by atoms with Crippen LogP contribution in [0.3, 0.4) is 0 Å². The van der Waals surface area contributed by atoms with Crippen LogP contribution in [-0.4, -0.2) is 24.4 Å². The van der Waals surface area contributed by atoms with Crippen molar-refractivity contribution in [3.05, 3.63) is 29.8 Å². The summed E-state index contributed by atoms with van der Waals surface area (Å²) < 4.78 is 5.06. The Morgan fingerprint density at radius 1 is 1.38 bits per heavy atom. The highest BCUT2D eigenvalue weighted by molar-refractivity contribution is 5.51. The third-order valence-corrected chi connectivity index (χ3v) is 2.19. The van der Waals surface area contributed by atoms with Crippen molar-refractivity contribution in [2.75, 3.05) is 18.5 Å². The fourth-order valence-corrected chi connectivity index (χ4v) is 1.34. The van der Waals surface area contributed by atoms with Gasteiger partial charge in [0.1, 0.15) is 0 Å². The Hall–Kier alpha value is -1.06. The maximum Gasteiger partial charge on any atom is 0.0728 e. The summed E-state index contributed by atoms with van der Waals surface area (Å²) in [4.78, 5) is 0. The van der Waals surface area contributed by atoms with Gasteiger partial charge in [0, 0.05) is 11.3 Å². The Labute approximate surface area is 77.3 Å². The fourth-order valence-electron chi connectivity index (χ4n) is 1.34. The summed E-state index contributed by atoms with van der Waals surface area (Å²) in [5.74, 6) is 0. The molecule has 1 fully saturated rings. The van der Waals surface area contributed by atoms with Crippen LogP contribution in [0.2, 0.25) is 0 Å². The van der Waals surface area contributed by atoms with E-state index in [-0.39, 0.29) is 6.61 Å². The zero-order valence-corrected chi connectivity index (χ0v) is 7.36. The van der Waals surface area contributed by atoms with E-state index in [1.165, 1.54) is 0 Å². The van der Waals surface area contributed by atoms with E-state index in [9.17, 15) is 0 Å². The molecule has 1 aromatic carbocycles. The average molecular weight is 179 g/mol. The topological polar surface area (TPSA) is 41.5 Å². The number of aliphatic hydroxyl groups is 1. The first kappa shape index (κ1) is 8.53. The predicted molar refractivity (Wildman–Crippen MR) is 50.6 cm³/mol. The molecule has 3 nitrogen and oxygen atoms in total. The van der Waals surface area contributed by atoms with Gasteiger partial charge in [-0.3, -0.25) is 0 Å². The molecule has 1 aliphatic heterocycles. The molecule has 1 saturated heterocycles. The molecule has 0 bridgehead atoms. The summed E-state index contributed by atoms with van der Waals surface area (Å²) in [5.41, 5.74) is 1.95. The molecule has 0 radical (unpaired) electrons. The van der Waals surface area contributed by atoms with Crippen LogP contribution in [0.15, 0.2) is 24.3 Å².